The van der Waals surface area contributed by atoms with Crippen LogP contribution in [0.3, 0.4) is 0 Å². The van der Waals surface area contributed by atoms with Gasteiger partial charge in [0.15, 0.2) is 5.78 Å². The second kappa shape index (κ2) is 7.60. The lowest BCUT2D eigenvalue weighted by atomic mass is 9.91. The lowest BCUT2D eigenvalue weighted by Crippen LogP contribution is -2.36. The zero-order valence-electron chi connectivity index (χ0n) is 15.4. The lowest BCUT2D eigenvalue weighted by Gasteiger charge is -2.28. The van der Waals surface area contributed by atoms with Crippen molar-refractivity contribution in [1.82, 2.24) is 4.98 Å². The first kappa shape index (κ1) is 18.6. The fraction of sp³-hybridized carbons (Fsp3) is 0.400. The Morgan fingerprint density at radius 3 is 2.46 bits per heavy atom. The number of thiazole rings is 1. The topological polar surface area (TPSA) is 62.4 Å². The van der Waals surface area contributed by atoms with Gasteiger partial charge in [-0.05, 0) is 23.8 Å². The minimum absolute atomic E-state index is 0.00332. The fourth-order valence-corrected chi connectivity index (χ4v) is 3.50. The number of ether oxygens (including phenoxy) is 1. The first-order valence-corrected chi connectivity index (χ1v) is 9.54. The molecular weight excluding hydrogens is 348 g/mol. The van der Waals surface area contributed by atoms with Crippen LogP contribution in [0, 0.1) is 5.41 Å². The molecule has 0 bridgehead atoms. The first-order valence-electron chi connectivity index (χ1n) is 8.73. The highest BCUT2D eigenvalue weighted by molar-refractivity contribution is 7.07. The molecule has 26 heavy (non-hydrogen) atoms. The summed E-state index contributed by atoms with van der Waals surface area (Å²) < 4.78 is 6.56. The van der Waals surface area contributed by atoms with Crippen LogP contribution in [0.15, 0.2) is 29.1 Å². The van der Waals surface area contributed by atoms with Crippen molar-refractivity contribution in [2.24, 2.45) is 5.41 Å². The minimum Gasteiger partial charge on any atom is -0.378 e. The maximum Gasteiger partial charge on any atom is 0.266 e. The summed E-state index contributed by atoms with van der Waals surface area (Å²) in [6.45, 7) is 8.89. The first-order chi connectivity index (χ1) is 12.3. The maximum absolute atomic E-state index is 12.2. The molecule has 0 radical (unpaired) electrons. The van der Waals surface area contributed by atoms with E-state index >= 15 is 0 Å². The van der Waals surface area contributed by atoms with Gasteiger partial charge in [-0.3, -0.25) is 9.59 Å². The van der Waals surface area contributed by atoms with Crippen LogP contribution in [-0.4, -0.2) is 37.1 Å². The van der Waals surface area contributed by atoms with Gasteiger partial charge in [-0.2, -0.15) is 0 Å². The lowest BCUT2D eigenvalue weighted by molar-refractivity contribution is -0.119. The molecule has 0 saturated carbocycles. The molecule has 1 aromatic heterocycles. The Hall–Kier alpha value is -2.18. The van der Waals surface area contributed by atoms with Gasteiger partial charge in [0.05, 0.1) is 22.4 Å². The Morgan fingerprint density at radius 2 is 1.85 bits per heavy atom. The number of ketones is 1. The highest BCUT2D eigenvalue weighted by Crippen LogP contribution is 2.17. The number of carbonyl (C=O) groups is 1. The summed E-state index contributed by atoms with van der Waals surface area (Å²) in [4.78, 5) is 29.3. The largest absolute Gasteiger partial charge is 0.378 e. The van der Waals surface area contributed by atoms with E-state index in [-0.39, 0.29) is 11.3 Å². The normalized spacial score (nSPS) is 17.0. The number of H-pyrrole nitrogens is 1. The van der Waals surface area contributed by atoms with Crippen molar-refractivity contribution in [2.75, 3.05) is 31.2 Å². The number of nitrogens with zero attached hydrogens (tertiary/aromatic N) is 1. The summed E-state index contributed by atoms with van der Waals surface area (Å²) in [6.07, 6.45) is 3.37. The van der Waals surface area contributed by atoms with E-state index in [1.807, 2.05) is 39.0 Å². The molecule has 3 rings (SSSR count). The number of hydrogen-bond acceptors (Lipinski definition) is 5. The predicted octanol–water partition coefficient (Wildman–Crippen LogP) is 1.50. The monoisotopic (exact) mass is 372 g/mol. The molecule has 1 aliphatic heterocycles. The van der Waals surface area contributed by atoms with Crippen LogP contribution in [0.5, 0.6) is 0 Å². The molecule has 1 aromatic carbocycles. The van der Waals surface area contributed by atoms with Gasteiger partial charge >= 0.3 is 0 Å². The number of morpholine rings is 1. The molecule has 1 N–H and O–H groups in total. The van der Waals surface area contributed by atoms with E-state index in [2.05, 4.69) is 22.0 Å². The van der Waals surface area contributed by atoms with Crippen LogP contribution in [0.25, 0.3) is 12.2 Å². The molecule has 2 aromatic rings. The molecule has 0 atom stereocenters. The van der Waals surface area contributed by atoms with Crippen molar-refractivity contribution in [1.29, 1.82) is 0 Å². The summed E-state index contributed by atoms with van der Waals surface area (Å²) >= 11 is 1.30. The quantitative estimate of drug-likeness (QED) is 0.887. The molecule has 0 amide bonds. The molecule has 0 aliphatic carbocycles. The van der Waals surface area contributed by atoms with Crippen molar-refractivity contribution < 1.29 is 9.53 Å². The molecule has 5 nitrogen and oxygen atoms in total. The number of hydrogen-bond donors (Lipinski definition) is 1. The summed E-state index contributed by atoms with van der Waals surface area (Å²) in [6, 6.07) is 8.14. The Labute approximate surface area is 156 Å². The standard InChI is InChI=1S/C20H24N2O3S/c1-20(2,3)17(23)13-18-21-19(24)16(26-18)12-14-4-6-15(7-5-14)22-8-10-25-11-9-22/h4-7,12-13H,8-11H2,1-3H3,(H,21,24). The van der Waals surface area contributed by atoms with E-state index < -0.39 is 5.41 Å². The van der Waals surface area contributed by atoms with Crippen molar-refractivity contribution in [3.8, 4) is 0 Å². The average Bonchev–Trinajstić information content (AvgIpc) is 2.94. The number of carbonyl (C=O) groups excluding carboxylic acids is 1. The molecule has 0 spiro atoms. The molecular formula is C20H24N2O3S. The number of aromatic amines is 1. The van der Waals surface area contributed by atoms with E-state index in [1.54, 1.807) is 0 Å². The second-order valence-corrected chi connectivity index (χ2v) is 8.46. The third kappa shape index (κ3) is 4.51. The number of nitrogens with one attached hydrogen (secondary N) is 1. The van der Waals surface area contributed by atoms with Crippen LogP contribution in [0.1, 0.15) is 26.3 Å². The summed E-state index contributed by atoms with van der Waals surface area (Å²) in [5, 5.41) is 0. The number of Topliss-reactive ketones (excluding diaryl/α,β-unsaturated/α-hetero) is 1. The molecule has 1 saturated heterocycles. The molecule has 0 unspecified atom stereocenters. The molecule has 138 valence electrons. The number of rotatable bonds is 3. The van der Waals surface area contributed by atoms with Gasteiger partial charge in [-0.1, -0.05) is 32.9 Å². The highest BCUT2D eigenvalue weighted by Gasteiger charge is 2.18. The molecule has 2 heterocycles. The van der Waals surface area contributed by atoms with Crippen molar-refractivity contribution in [3.05, 3.63) is 49.4 Å². The Balaban J connectivity index is 1.85. The van der Waals surface area contributed by atoms with Crippen LogP contribution >= 0.6 is 11.3 Å². The Bertz CT molecular complexity index is 943. The average molecular weight is 372 g/mol. The van der Waals surface area contributed by atoms with Crippen LogP contribution < -0.4 is 19.7 Å². The van der Waals surface area contributed by atoms with Crippen molar-refractivity contribution in [2.45, 2.75) is 20.8 Å². The van der Waals surface area contributed by atoms with E-state index in [4.69, 9.17) is 4.74 Å². The van der Waals surface area contributed by atoms with Gasteiger partial charge in [0, 0.05) is 30.3 Å². The second-order valence-electron chi connectivity index (χ2n) is 7.38. The predicted molar refractivity (Wildman–Crippen MR) is 106 cm³/mol. The number of benzene rings is 1. The summed E-state index contributed by atoms with van der Waals surface area (Å²) in [5.41, 5.74) is 1.50. The van der Waals surface area contributed by atoms with Crippen molar-refractivity contribution >= 4 is 35.0 Å². The highest BCUT2D eigenvalue weighted by atomic mass is 32.1. The van der Waals surface area contributed by atoms with E-state index in [0.29, 0.717) is 9.20 Å². The van der Waals surface area contributed by atoms with E-state index in [0.717, 1.165) is 37.6 Å². The van der Waals surface area contributed by atoms with Crippen LogP contribution in [-0.2, 0) is 9.53 Å². The third-order valence-corrected chi connectivity index (χ3v) is 5.21. The summed E-state index contributed by atoms with van der Waals surface area (Å²) in [5.74, 6) is -0.00332. The molecule has 6 heteroatoms. The van der Waals surface area contributed by atoms with Crippen LogP contribution in [0.2, 0.25) is 0 Å². The van der Waals surface area contributed by atoms with Gasteiger partial charge in [0.2, 0.25) is 0 Å². The number of anilines is 1. The number of aromatic nitrogens is 1. The SMILES string of the molecule is CC(C)(C)C(=O)C=c1[nH]c(=O)c(=Cc2ccc(N3CCOCC3)cc2)s1. The Kier molecular flexibility index (Phi) is 5.44. The summed E-state index contributed by atoms with van der Waals surface area (Å²) in [7, 11) is 0. The Morgan fingerprint density at radius 1 is 1.19 bits per heavy atom. The van der Waals surface area contributed by atoms with E-state index in [9.17, 15) is 9.59 Å². The van der Waals surface area contributed by atoms with Gasteiger partial charge in [-0.25, -0.2) is 0 Å². The van der Waals surface area contributed by atoms with Crippen molar-refractivity contribution in [3.63, 3.8) is 0 Å². The van der Waals surface area contributed by atoms with Gasteiger partial charge in [-0.15, -0.1) is 11.3 Å². The van der Waals surface area contributed by atoms with Gasteiger partial charge in [0.25, 0.3) is 5.56 Å². The zero-order valence-corrected chi connectivity index (χ0v) is 16.2. The van der Waals surface area contributed by atoms with Gasteiger partial charge in [0.1, 0.15) is 0 Å². The minimum atomic E-state index is -0.458. The molecule has 1 aliphatic rings. The zero-order chi connectivity index (χ0) is 18.7. The molecule has 1 fully saturated rings. The van der Waals surface area contributed by atoms with E-state index in [1.165, 1.54) is 17.4 Å². The fourth-order valence-electron chi connectivity index (χ4n) is 2.61. The van der Waals surface area contributed by atoms with Crippen LogP contribution in [0.4, 0.5) is 5.69 Å². The van der Waals surface area contributed by atoms with Gasteiger partial charge < -0.3 is 14.6 Å². The third-order valence-electron chi connectivity index (χ3n) is 4.25. The maximum atomic E-state index is 12.2. The smallest absolute Gasteiger partial charge is 0.266 e.